The second kappa shape index (κ2) is 9.77. The topological polar surface area (TPSA) is 118 Å². The minimum absolute atomic E-state index is 0.00988. The van der Waals surface area contributed by atoms with E-state index in [-0.39, 0.29) is 10.6 Å². The zero-order valence-corrected chi connectivity index (χ0v) is 19.6. The lowest BCUT2D eigenvalue weighted by Crippen LogP contribution is -2.39. The molecule has 1 unspecified atom stereocenters. The third-order valence-electron chi connectivity index (χ3n) is 5.35. The molecule has 0 bridgehead atoms. The zero-order chi connectivity index (χ0) is 23.4. The first-order valence-corrected chi connectivity index (χ1v) is 12.7. The average molecular weight is 486 g/mol. The van der Waals surface area contributed by atoms with Crippen LogP contribution in [0, 0.1) is 16.0 Å². The predicted octanol–water partition coefficient (Wildman–Crippen LogP) is 4.58. The van der Waals surface area contributed by atoms with Crippen LogP contribution in [0.15, 0.2) is 63.9 Å². The Labute approximate surface area is 196 Å². The summed E-state index contributed by atoms with van der Waals surface area (Å²) in [5.41, 5.74) is 4.72. The van der Waals surface area contributed by atoms with Gasteiger partial charge in [-0.25, -0.2) is 13.4 Å². The number of benzene rings is 2. The maximum absolute atomic E-state index is 13.1. The number of nitrogens with zero attached hydrogens (tertiary/aromatic N) is 4. The third kappa shape index (κ3) is 5.44. The highest BCUT2D eigenvalue weighted by Crippen LogP contribution is 2.29. The number of nitrogens with one attached hydrogen (secondary N) is 1. The molecule has 9 nitrogen and oxygen atoms in total. The Morgan fingerprint density at radius 3 is 2.88 bits per heavy atom. The Bertz CT molecular complexity index is 1290. The van der Waals surface area contributed by atoms with E-state index in [1.807, 2.05) is 11.4 Å². The average Bonchev–Trinajstić information content (AvgIpc) is 3.28. The molecule has 3 aromatic rings. The van der Waals surface area contributed by atoms with E-state index in [9.17, 15) is 18.5 Å². The van der Waals surface area contributed by atoms with E-state index in [4.69, 9.17) is 0 Å². The summed E-state index contributed by atoms with van der Waals surface area (Å²) in [7, 11) is -3.55. The van der Waals surface area contributed by atoms with Gasteiger partial charge in [-0.05, 0) is 30.9 Å². The highest BCUT2D eigenvalue weighted by molar-refractivity contribution is 7.89. The molecule has 0 amide bonds. The molecular formula is C22H23N5O4S2. The summed E-state index contributed by atoms with van der Waals surface area (Å²) in [6.07, 6.45) is 3.39. The number of aromatic nitrogens is 1. The molecule has 1 aliphatic rings. The summed E-state index contributed by atoms with van der Waals surface area (Å²) in [6.45, 7) is 3.16. The first kappa shape index (κ1) is 23.0. The van der Waals surface area contributed by atoms with E-state index in [1.54, 1.807) is 34.6 Å². The Hall–Kier alpha value is -3.15. The molecule has 1 saturated heterocycles. The van der Waals surface area contributed by atoms with E-state index >= 15 is 0 Å². The predicted molar refractivity (Wildman–Crippen MR) is 129 cm³/mol. The summed E-state index contributed by atoms with van der Waals surface area (Å²) < 4.78 is 27.8. The second-order valence-corrected chi connectivity index (χ2v) is 10.7. The zero-order valence-electron chi connectivity index (χ0n) is 17.9. The van der Waals surface area contributed by atoms with Crippen LogP contribution >= 0.6 is 11.3 Å². The van der Waals surface area contributed by atoms with E-state index in [0.717, 1.165) is 12.8 Å². The largest absolute Gasteiger partial charge is 0.270 e. The van der Waals surface area contributed by atoms with E-state index in [2.05, 4.69) is 22.4 Å². The second-order valence-electron chi connectivity index (χ2n) is 7.90. The van der Waals surface area contributed by atoms with Gasteiger partial charge in [0.1, 0.15) is 0 Å². The number of thiazole rings is 1. The van der Waals surface area contributed by atoms with Crippen LogP contribution in [0.25, 0.3) is 11.3 Å². The van der Waals surface area contributed by atoms with Crippen LogP contribution in [0.5, 0.6) is 0 Å². The Morgan fingerprint density at radius 2 is 2.09 bits per heavy atom. The van der Waals surface area contributed by atoms with Crippen molar-refractivity contribution in [3.63, 3.8) is 0 Å². The molecule has 4 rings (SSSR count). The van der Waals surface area contributed by atoms with Crippen molar-refractivity contribution >= 4 is 38.4 Å². The summed E-state index contributed by atoms with van der Waals surface area (Å²) in [5.74, 6) is 0.353. The molecule has 2 aromatic carbocycles. The van der Waals surface area contributed by atoms with Crippen LogP contribution in [-0.2, 0) is 10.0 Å². The fourth-order valence-corrected chi connectivity index (χ4v) is 5.98. The molecule has 0 saturated carbocycles. The van der Waals surface area contributed by atoms with Crippen LogP contribution in [0.1, 0.15) is 25.3 Å². The van der Waals surface area contributed by atoms with Crippen molar-refractivity contribution in [1.29, 1.82) is 0 Å². The number of nitro benzene ring substituents is 1. The number of sulfonamides is 1. The number of nitro groups is 1. The number of hydrogen-bond acceptors (Lipinski definition) is 8. The normalized spacial score (nSPS) is 17.3. The first-order chi connectivity index (χ1) is 15.8. The van der Waals surface area contributed by atoms with E-state index in [0.29, 0.717) is 41.0 Å². The molecule has 11 heteroatoms. The van der Waals surface area contributed by atoms with Crippen LogP contribution in [-0.4, -0.2) is 41.9 Å². The standard InChI is InChI=1S/C22H23N5O4S2/c1-16-5-4-10-26(14-16)33(30,31)20-9-3-7-18(12-20)21-15-32-22(24-21)25-23-13-17-6-2-8-19(11-17)27(28)29/h2-3,6-9,11-13,15-16H,4-5,10,14H2,1H3,(H,24,25)/b23-13+. The van der Waals surface area contributed by atoms with Gasteiger partial charge in [-0.1, -0.05) is 31.2 Å². The number of rotatable bonds is 7. The molecule has 1 N–H and O–H groups in total. The molecule has 1 atom stereocenters. The quantitative estimate of drug-likeness (QED) is 0.297. The maximum atomic E-state index is 13.1. The smallest absolute Gasteiger partial charge is 0.258 e. The van der Waals surface area contributed by atoms with Crippen molar-refractivity contribution in [3.8, 4) is 11.3 Å². The van der Waals surface area contributed by atoms with Crippen molar-refractivity contribution in [2.45, 2.75) is 24.7 Å². The molecule has 33 heavy (non-hydrogen) atoms. The first-order valence-electron chi connectivity index (χ1n) is 10.4. The minimum atomic E-state index is -3.55. The summed E-state index contributed by atoms with van der Waals surface area (Å²) in [4.78, 5) is 15.2. The van der Waals surface area contributed by atoms with Crippen molar-refractivity contribution in [3.05, 3.63) is 69.6 Å². The van der Waals surface area contributed by atoms with E-state index in [1.165, 1.54) is 29.7 Å². The molecule has 2 heterocycles. The molecule has 0 radical (unpaired) electrons. The van der Waals surface area contributed by atoms with Crippen LogP contribution < -0.4 is 5.43 Å². The van der Waals surface area contributed by atoms with Crippen molar-refractivity contribution < 1.29 is 13.3 Å². The number of anilines is 1. The van der Waals surface area contributed by atoms with Gasteiger partial charge in [0.25, 0.3) is 5.69 Å². The van der Waals surface area contributed by atoms with Gasteiger partial charge in [0.2, 0.25) is 15.2 Å². The Balaban J connectivity index is 1.47. The number of hydrazone groups is 1. The van der Waals surface area contributed by atoms with Gasteiger partial charge in [0, 0.05) is 41.7 Å². The third-order valence-corrected chi connectivity index (χ3v) is 7.95. The van der Waals surface area contributed by atoms with Gasteiger partial charge in [-0.3, -0.25) is 15.5 Å². The molecular weight excluding hydrogens is 462 g/mol. The maximum Gasteiger partial charge on any atom is 0.270 e. The van der Waals surface area contributed by atoms with Gasteiger partial charge in [-0.15, -0.1) is 11.3 Å². The highest BCUT2D eigenvalue weighted by atomic mass is 32.2. The lowest BCUT2D eigenvalue weighted by Gasteiger charge is -2.30. The van der Waals surface area contributed by atoms with Gasteiger partial charge < -0.3 is 0 Å². The molecule has 1 aromatic heterocycles. The number of hydrogen-bond donors (Lipinski definition) is 1. The molecule has 0 aliphatic carbocycles. The SMILES string of the molecule is CC1CCCN(S(=O)(=O)c2cccc(-c3csc(N/N=C/c4cccc([N+](=O)[O-])c4)n3)c2)C1. The molecule has 1 fully saturated rings. The van der Waals surface area contributed by atoms with Crippen LogP contribution in [0.2, 0.25) is 0 Å². The fraction of sp³-hybridized carbons (Fsp3) is 0.273. The summed E-state index contributed by atoms with van der Waals surface area (Å²) in [6, 6.07) is 13.0. The van der Waals surface area contributed by atoms with Crippen molar-refractivity contribution in [1.82, 2.24) is 9.29 Å². The summed E-state index contributed by atoms with van der Waals surface area (Å²) in [5, 5.41) is 17.3. The van der Waals surface area contributed by atoms with E-state index < -0.39 is 14.9 Å². The lowest BCUT2D eigenvalue weighted by atomic mass is 10.0. The Kier molecular flexibility index (Phi) is 6.82. The highest BCUT2D eigenvalue weighted by Gasteiger charge is 2.28. The van der Waals surface area contributed by atoms with Crippen LogP contribution in [0.3, 0.4) is 0 Å². The molecule has 1 aliphatic heterocycles. The molecule has 0 spiro atoms. The van der Waals surface area contributed by atoms with Crippen molar-refractivity contribution in [2.24, 2.45) is 11.0 Å². The Morgan fingerprint density at radius 1 is 1.27 bits per heavy atom. The number of piperidine rings is 1. The van der Waals surface area contributed by atoms with Gasteiger partial charge in [0.15, 0.2) is 0 Å². The van der Waals surface area contributed by atoms with Crippen molar-refractivity contribution in [2.75, 3.05) is 18.5 Å². The fourth-order valence-electron chi connectivity index (χ4n) is 3.67. The molecule has 172 valence electrons. The van der Waals surface area contributed by atoms with Gasteiger partial charge in [-0.2, -0.15) is 9.41 Å². The minimum Gasteiger partial charge on any atom is -0.258 e. The monoisotopic (exact) mass is 485 g/mol. The van der Waals surface area contributed by atoms with Gasteiger partial charge in [0.05, 0.1) is 21.7 Å². The lowest BCUT2D eigenvalue weighted by molar-refractivity contribution is -0.384. The van der Waals surface area contributed by atoms with Gasteiger partial charge >= 0.3 is 0 Å². The summed E-state index contributed by atoms with van der Waals surface area (Å²) >= 11 is 1.33. The van der Waals surface area contributed by atoms with Crippen LogP contribution in [0.4, 0.5) is 10.8 Å². The number of non-ortho nitro benzene ring substituents is 1.